The lowest BCUT2D eigenvalue weighted by atomic mass is 9.97. The number of rotatable bonds is 4. The van der Waals surface area contributed by atoms with Crippen molar-refractivity contribution >= 4 is 28.5 Å². The minimum atomic E-state index is -0.0569. The maximum atomic E-state index is 13.2. The molecule has 0 aromatic carbocycles. The fourth-order valence-electron chi connectivity index (χ4n) is 2.58. The van der Waals surface area contributed by atoms with E-state index in [0.29, 0.717) is 22.5 Å². The van der Waals surface area contributed by atoms with Gasteiger partial charge in [0.25, 0.3) is 0 Å². The van der Waals surface area contributed by atoms with Gasteiger partial charge in [0.15, 0.2) is 5.78 Å². The molecule has 0 aliphatic carbocycles. The number of aromatic nitrogens is 2. The number of ketones is 1. The molecular weight excluding hydrogens is 336 g/mol. The van der Waals surface area contributed by atoms with Gasteiger partial charge >= 0.3 is 0 Å². The third kappa shape index (κ3) is 2.68. The summed E-state index contributed by atoms with van der Waals surface area (Å²) in [5.41, 5.74) is 4.54. The lowest BCUT2D eigenvalue weighted by Crippen LogP contribution is -2.07. The summed E-state index contributed by atoms with van der Waals surface area (Å²) >= 11 is 3.18. The molecule has 4 aromatic rings. The number of carbonyl (C=O) groups excluding carboxylic acids is 1. The van der Waals surface area contributed by atoms with E-state index in [4.69, 9.17) is 0 Å². The van der Waals surface area contributed by atoms with Gasteiger partial charge in [-0.1, -0.05) is 0 Å². The standard InChI is InChI=1S/C19H12N2OS2/c22-19(15-3-1-7-20-17(15)13-5-9-23-11-13)16-4-2-8-21-18(16)14-6-10-24-12-14/h1-12H. The molecule has 0 aliphatic heterocycles. The van der Waals surface area contributed by atoms with Gasteiger partial charge in [0.1, 0.15) is 0 Å². The molecule has 24 heavy (non-hydrogen) atoms. The van der Waals surface area contributed by atoms with Crippen LogP contribution in [0.2, 0.25) is 0 Å². The number of thiophene rings is 2. The highest BCUT2D eigenvalue weighted by Crippen LogP contribution is 2.29. The Hall–Kier alpha value is -2.63. The molecular formula is C19H12N2OS2. The van der Waals surface area contributed by atoms with E-state index in [1.165, 1.54) is 0 Å². The van der Waals surface area contributed by atoms with Crippen LogP contribution in [0.25, 0.3) is 22.5 Å². The first kappa shape index (κ1) is 14.9. The highest BCUT2D eigenvalue weighted by Gasteiger charge is 2.20. The van der Waals surface area contributed by atoms with Crippen LogP contribution in [0, 0.1) is 0 Å². The SMILES string of the molecule is O=C(c1cccnc1-c1ccsc1)c1cccnc1-c1ccsc1. The van der Waals surface area contributed by atoms with E-state index in [2.05, 4.69) is 9.97 Å². The molecule has 0 saturated heterocycles. The topological polar surface area (TPSA) is 42.9 Å². The molecule has 0 saturated carbocycles. The Kier molecular flexibility index (Phi) is 4.02. The molecule has 0 spiro atoms. The Morgan fingerprint density at radius 3 is 1.67 bits per heavy atom. The van der Waals surface area contributed by atoms with Gasteiger partial charge in [-0.2, -0.15) is 22.7 Å². The molecule has 0 amide bonds. The van der Waals surface area contributed by atoms with Gasteiger partial charge in [-0.15, -0.1) is 0 Å². The van der Waals surface area contributed by atoms with Crippen molar-refractivity contribution in [3.8, 4) is 22.5 Å². The van der Waals surface area contributed by atoms with Crippen molar-refractivity contribution in [1.29, 1.82) is 0 Å². The summed E-state index contributed by atoms with van der Waals surface area (Å²) in [7, 11) is 0. The van der Waals surface area contributed by atoms with Crippen molar-refractivity contribution in [3.63, 3.8) is 0 Å². The van der Waals surface area contributed by atoms with Crippen LogP contribution in [0.15, 0.2) is 70.3 Å². The van der Waals surface area contributed by atoms with Crippen molar-refractivity contribution in [3.05, 3.63) is 81.4 Å². The first-order valence-electron chi connectivity index (χ1n) is 7.34. The molecule has 0 radical (unpaired) electrons. The zero-order valence-electron chi connectivity index (χ0n) is 12.5. The molecule has 4 rings (SSSR count). The zero-order valence-corrected chi connectivity index (χ0v) is 14.2. The Labute approximate surface area is 147 Å². The molecule has 5 heteroatoms. The van der Waals surface area contributed by atoms with Gasteiger partial charge in [0.2, 0.25) is 0 Å². The predicted molar refractivity (Wildman–Crippen MR) is 98.5 cm³/mol. The maximum absolute atomic E-state index is 13.2. The van der Waals surface area contributed by atoms with E-state index in [9.17, 15) is 4.79 Å². The molecule has 0 bridgehead atoms. The molecule has 0 unspecified atom stereocenters. The van der Waals surface area contributed by atoms with E-state index < -0.39 is 0 Å². The van der Waals surface area contributed by atoms with Gasteiger partial charge in [-0.05, 0) is 47.2 Å². The zero-order chi connectivity index (χ0) is 16.4. The number of nitrogens with zero attached hydrogens (tertiary/aromatic N) is 2. The van der Waals surface area contributed by atoms with Crippen LogP contribution in [0.4, 0.5) is 0 Å². The molecule has 116 valence electrons. The summed E-state index contributed by atoms with van der Waals surface area (Å²) in [6.45, 7) is 0. The number of hydrogen-bond acceptors (Lipinski definition) is 5. The fraction of sp³-hybridized carbons (Fsp3) is 0. The van der Waals surface area contributed by atoms with Gasteiger partial charge in [0, 0.05) is 45.4 Å². The lowest BCUT2D eigenvalue weighted by Gasteiger charge is -2.09. The quantitative estimate of drug-likeness (QED) is 0.478. The third-order valence-electron chi connectivity index (χ3n) is 3.69. The minimum absolute atomic E-state index is 0.0569. The van der Waals surface area contributed by atoms with E-state index >= 15 is 0 Å². The average Bonchev–Trinajstić information content (AvgIpc) is 3.35. The average molecular weight is 348 g/mol. The lowest BCUT2D eigenvalue weighted by molar-refractivity contribution is 0.103. The molecule has 4 heterocycles. The smallest absolute Gasteiger partial charge is 0.197 e. The van der Waals surface area contributed by atoms with E-state index in [1.54, 1.807) is 47.2 Å². The van der Waals surface area contributed by atoms with Crippen LogP contribution in [0.3, 0.4) is 0 Å². The third-order valence-corrected chi connectivity index (χ3v) is 5.06. The highest BCUT2D eigenvalue weighted by atomic mass is 32.1. The van der Waals surface area contributed by atoms with Gasteiger partial charge in [0.05, 0.1) is 11.4 Å². The van der Waals surface area contributed by atoms with Crippen molar-refractivity contribution in [2.45, 2.75) is 0 Å². The van der Waals surface area contributed by atoms with Crippen molar-refractivity contribution in [2.24, 2.45) is 0 Å². The Morgan fingerprint density at radius 1 is 0.750 bits per heavy atom. The largest absolute Gasteiger partial charge is 0.288 e. The van der Waals surface area contributed by atoms with Crippen LogP contribution in [-0.2, 0) is 0 Å². The number of hydrogen-bond donors (Lipinski definition) is 0. The van der Waals surface area contributed by atoms with Crippen LogP contribution in [-0.4, -0.2) is 15.8 Å². The molecule has 0 fully saturated rings. The first-order chi connectivity index (χ1) is 11.8. The van der Waals surface area contributed by atoms with E-state index in [0.717, 1.165) is 11.1 Å². The second-order valence-corrected chi connectivity index (χ2v) is 6.71. The molecule has 0 aliphatic rings. The summed E-state index contributed by atoms with van der Waals surface area (Å²) in [6.07, 6.45) is 3.43. The summed E-state index contributed by atoms with van der Waals surface area (Å²) in [5, 5.41) is 7.97. The van der Waals surface area contributed by atoms with E-state index in [-0.39, 0.29) is 5.78 Å². The van der Waals surface area contributed by atoms with E-state index in [1.807, 2.05) is 45.8 Å². The Balaban J connectivity index is 1.85. The molecule has 0 atom stereocenters. The minimum Gasteiger partial charge on any atom is -0.288 e. The normalized spacial score (nSPS) is 10.7. The molecule has 0 N–H and O–H groups in total. The van der Waals surface area contributed by atoms with Crippen LogP contribution < -0.4 is 0 Å². The van der Waals surface area contributed by atoms with Gasteiger partial charge in [-0.25, -0.2) is 0 Å². The second-order valence-electron chi connectivity index (χ2n) is 5.15. The Morgan fingerprint density at radius 2 is 1.25 bits per heavy atom. The summed E-state index contributed by atoms with van der Waals surface area (Å²) in [6, 6.07) is 11.2. The molecule has 4 aromatic heterocycles. The summed E-state index contributed by atoms with van der Waals surface area (Å²) < 4.78 is 0. The maximum Gasteiger partial charge on any atom is 0.197 e. The molecule has 3 nitrogen and oxygen atoms in total. The summed E-state index contributed by atoms with van der Waals surface area (Å²) in [5.74, 6) is -0.0569. The first-order valence-corrected chi connectivity index (χ1v) is 9.23. The van der Waals surface area contributed by atoms with Gasteiger partial charge in [-0.3, -0.25) is 14.8 Å². The van der Waals surface area contributed by atoms with Crippen molar-refractivity contribution in [1.82, 2.24) is 9.97 Å². The summed E-state index contributed by atoms with van der Waals surface area (Å²) in [4.78, 5) is 22.1. The second kappa shape index (κ2) is 6.47. The predicted octanol–water partition coefficient (Wildman–Crippen LogP) is 5.16. The fourth-order valence-corrected chi connectivity index (χ4v) is 3.86. The van der Waals surface area contributed by atoms with Gasteiger partial charge < -0.3 is 0 Å². The van der Waals surface area contributed by atoms with Crippen LogP contribution in [0.1, 0.15) is 15.9 Å². The monoisotopic (exact) mass is 348 g/mol. The van der Waals surface area contributed by atoms with Crippen molar-refractivity contribution < 1.29 is 4.79 Å². The number of pyridine rings is 2. The van der Waals surface area contributed by atoms with Crippen molar-refractivity contribution in [2.75, 3.05) is 0 Å². The van der Waals surface area contributed by atoms with Crippen LogP contribution in [0.5, 0.6) is 0 Å². The number of carbonyl (C=O) groups is 1. The van der Waals surface area contributed by atoms with Crippen LogP contribution >= 0.6 is 22.7 Å². The Bertz CT molecular complexity index is 897. The highest BCUT2D eigenvalue weighted by molar-refractivity contribution is 7.08.